The first-order chi connectivity index (χ1) is 10.0. The maximum atomic E-state index is 11.4. The maximum Gasteiger partial charge on any atom is 0.410 e. The van der Waals surface area contributed by atoms with E-state index < -0.39 is 6.09 Å². The predicted molar refractivity (Wildman–Crippen MR) is 79.9 cm³/mol. The molecular formula is C15H19ClNO4. The number of hydrogen-bond acceptors (Lipinski definition) is 4. The number of hydrogen-bond donors (Lipinski definition) is 1. The van der Waals surface area contributed by atoms with Crippen molar-refractivity contribution >= 4 is 23.7 Å². The lowest BCUT2D eigenvalue weighted by molar-refractivity contribution is -0.151. The summed E-state index contributed by atoms with van der Waals surface area (Å²) in [5.41, 5.74) is 0.953. The zero-order valence-corrected chi connectivity index (χ0v) is 12.7. The summed E-state index contributed by atoms with van der Waals surface area (Å²) in [6, 6.07) is 7.22. The molecule has 0 spiro atoms. The summed E-state index contributed by atoms with van der Waals surface area (Å²) in [7, 11) is 0. The zero-order valence-electron chi connectivity index (χ0n) is 11.9. The number of halogens is 1. The number of amides is 1. The molecule has 1 amide bonds. The van der Waals surface area contributed by atoms with Crippen LogP contribution in [0.4, 0.5) is 4.79 Å². The highest BCUT2D eigenvalue weighted by Gasteiger charge is 2.09. The number of alkyl carbamates (subject to hydrolysis) is 1. The van der Waals surface area contributed by atoms with Gasteiger partial charge in [0.25, 0.3) is 0 Å². The van der Waals surface area contributed by atoms with Gasteiger partial charge in [-0.25, -0.2) is 4.79 Å². The summed E-state index contributed by atoms with van der Waals surface area (Å²) in [5, 5.41) is 3.20. The van der Waals surface area contributed by atoms with Gasteiger partial charge in [0.15, 0.2) is 0 Å². The Balaban J connectivity index is 2.23. The average Bonchev–Trinajstić information content (AvgIpc) is 2.46. The standard InChI is InChI=1S/C15H19ClNO4/c1-3-4-14(18)20-10-21-15(19)17-9-11(2)12-5-7-13(16)8-6-12/h5-8,11H,2-4,9-10H2,1H3,(H,17,19)/t11-/m0/s1. The molecule has 6 heteroatoms. The molecule has 5 nitrogen and oxygen atoms in total. The van der Waals surface area contributed by atoms with Gasteiger partial charge in [0.05, 0.1) is 0 Å². The predicted octanol–water partition coefficient (Wildman–Crippen LogP) is 3.28. The summed E-state index contributed by atoms with van der Waals surface area (Å²) in [4.78, 5) is 22.4. The third-order valence-electron chi connectivity index (χ3n) is 2.70. The van der Waals surface area contributed by atoms with Crippen LogP contribution in [0.3, 0.4) is 0 Å². The van der Waals surface area contributed by atoms with Crippen molar-refractivity contribution in [2.45, 2.75) is 25.7 Å². The van der Waals surface area contributed by atoms with Gasteiger partial charge in [0.1, 0.15) is 0 Å². The molecule has 21 heavy (non-hydrogen) atoms. The van der Waals surface area contributed by atoms with E-state index in [4.69, 9.17) is 21.1 Å². The SMILES string of the molecule is [CH2][C@@H](CNC(=O)OCOC(=O)CCC)c1ccc(Cl)cc1. The molecule has 0 bridgehead atoms. The number of benzene rings is 1. The van der Waals surface area contributed by atoms with Crippen LogP contribution in [-0.2, 0) is 14.3 Å². The molecule has 0 aliphatic rings. The van der Waals surface area contributed by atoms with Crippen LogP contribution in [0.25, 0.3) is 0 Å². The van der Waals surface area contributed by atoms with Gasteiger partial charge in [0.2, 0.25) is 6.79 Å². The Hall–Kier alpha value is -1.75. The summed E-state index contributed by atoms with van der Waals surface area (Å²) < 4.78 is 9.43. The lowest BCUT2D eigenvalue weighted by atomic mass is 10.0. The van der Waals surface area contributed by atoms with Crippen molar-refractivity contribution in [1.29, 1.82) is 0 Å². The van der Waals surface area contributed by atoms with Crippen molar-refractivity contribution in [2.75, 3.05) is 13.3 Å². The summed E-state index contributed by atoms with van der Waals surface area (Å²) in [6.45, 7) is 5.73. The Morgan fingerprint density at radius 3 is 2.57 bits per heavy atom. The minimum atomic E-state index is -0.651. The number of ether oxygens (including phenoxy) is 2. The van der Waals surface area contributed by atoms with Crippen LogP contribution in [0.15, 0.2) is 24.3 Å². The molecule has 1 atom stereocenters. The van der Waals surface area contributed by atoms with Crippen LogP contribution in [0.2, 0.25) is 5.02 Å². The molecule has 0 heterocycles. The molecule has 115 valence electrons. The quantitative estimate of drug-likeness (QED) is 0.620. The lowest BCUT2D eigenvalue weighted by Crippen LogP contribution is -2.29. The summed E-state index contributed by atoms with van der Waals surface area (Å²) >= 11 is 5.80. The number of rotatable bonds is 7. The second-order valence-electron chi connectivity index (χ2n) is 4.45. The second-order valence-corrected chi connectivity index (χ2v) is 4.88. The van der Waals surface area contributed by atoms with E-state index in [0.717, 1.165) is 5.56 Å². The van der Waals surface area contributed by atoms with Crippen LogP contribution in [0.1, 0.15) is 31.2 Å². The van der Waals surface area contributed by atoms with Gasteiger partial charge in [-0.1, -0.05) is 30.7 Å². The van der Waals surface area contributed by atoms with Gasteiger partial charge in [-0.15, -0.1) is 0 Å². The summed E-state index contributed by atoms with van der Waals surface area (Å²) in [5.74, 6) is -0.515. The number of esters is 1. The highest BCUT2D eigenvalue weighted by molar-refractivity contribution is 6.30. The number of carbonyl (C=O) groups is 2. The first-order valence-electron chi connectivity index (χ1n) is 6.67. The van der Waals surface area contributed by atoms with E-state index in [2.05, 4.69) is 12.2 Å². The Bertz CT molecular complexity index is 461. The number of nitrogens with one attached hydrogen (secondary N) is 1. The fraction of sp³-hybridized carbons (Fsp3) is 0.400. The van der Waals surface area contributed by atoms with Gasteiger partial charge >= 0.3 is 12.1 Å². The van der Waals surface area contributed by atoms with Gasteiger partial charge in [-0.05, 0) is 31.0 Å². The molecule has 1 rings (SSSR count). The third-order valence-corrected chi connectivity index (χ3v) is 2.95. The Labute approximate surface area is 129 Å². The van der Waals surface area contributed by atoms with E-state index in [1.165, 1.54) is 0 Å². The third kappa shape index (κ3) is 6.99. The first-order valence-corrected chi connectivity index (χ1v) is 7.05. The van der Waals surface area contributed by atoms with Gasteiger partial charge in [0, 0.05) is 23.9 Å². The minimum Gasteiger partial charge on any atom is -0.428 e. The molecule has 0 aliphatic carbocycles. The van der Waals surface area contributed by atoms with Crippen molar-refractivity contribution in [3.63, 3.8) is 0 Å². The van der Waals surface area contributed by atoms with E-state index >= 15 is 0 Å². The van der Waals surface area contributed by atoms with E-state index in [1.54, 1.807) is 12.1 Å². The maximum absolute atomic E-state index is 11.4. The smallest absolute Gasteiger partial charge is 0.410 e. The molecule has 0 aromatic heterocycles. The fourth-order valence-corrected chi connectivity index (χ4v) is 1.66. The van der Waals surface area contributed by atoms with E-state index in [9.17, 15) is 9.59 Å². The zero-order chi connectivity index (χ0) is 15.7. The minimum absolute atomic E-state index is 0.127. The molecule has 0 aliphatic heterocycles. The molecule has 0 fully saturated rings. The van der Waals surface area contributed by atoms with Crippen molar-refractivity contribution < 1.29 is 19.1 Å². The Morgan fingerprint density at radius 1 is 1.29 bits per heavy atom. The summed E-state index contributed by atoms with van der Waals surface area (Å²) in [6.07, 6.45) is 0.347. The van der Waals surface area contributed by atoms with Gasteiger partial charge in [-0.2, -0.15) is 0 Å². The molecule has 0 saturated heterocycles. The van der Waals surface area contributed by atoms with Gasteiger partial charge < -0.3 is 14.8 Å². The van der Waals surface area contributed by atoms with Crippen LogP contribution >= 0.6 is 11.6 Å². The van der Waals surface area contributed by atoms with Crippen molar-refractivity contribution in [3.8, 4) is 0 Å². The average molecular weight is 313 g/mol. The van der Waals surface area contributed by atoms with E-state index in [0.29, 0.717) is 24.4 Å². The highest BCUT2D eigenvalue weighted by atomic mass is 35.5. The molecule has 1 aromatic carbocycles. The van der Waals surface area contributed by atoms with Crippen molar-refractivity contribution in [2.24, 2.45) is 0 Å². The molecular weight excluding hydrogens is 294 g/mol. The van der Waals surface area contributed by atoms with Gasteiger partial charge in [-0.3, -0.25) is 4.79 Å². The fourth-order valence-electron chi connectivity index (χ4n) is 1.54. The number of carbonyl (C=O) groups excluding carboxylic acids is 2. The van der Waals surface area contributed by atoms with E-state index in [-0.39, 0.29) is 18.7 Å². The van der Waals surface area contributed by atoms with Crippen molar-refractivity contribution in [1.82, 2.24) is 5.32 Å². The first kappa shape index (κ1) is 17.3. The molecule has 0 unspecified atom stereocenters. The van der Waals surface area contributed by atoms with Crippen LogP contribution < -0.4 is 5.32 Å². The van der Waals surface area contributed by atoms with Crippen LogP contribution in [0, 0.1) is 6.92 Å². The topological polar surface area (TPSA) is 64.6 Å². The molecule has 1 N–H and O–H groups in total. The monoisotopic (exact) mass is 312 g/mol. The Kier molecular flexibility index (Phi) is 7.61. The van der Waals surface area contributed by atoms with Crippen LogP contribution in [-0.4, -0.2) is 25.4 Å². The molecule has 0 saturated carbocycles. The molecule has 1 aromatic rings. The Morgan fingerprint density at radius 2 is 1.95 bits per heavy atom. The molecule has 1 radical (unpaired) electrons. The van der Waals surface area contributed by atoms with Crippen LogP contribution in [0.5, 0.6) is 0 Å². The highest BCUT2D eigenvalue weighted by Crippen LogP contribution is 2.16. The normalized spacial score (nSPS) is 11.6. The van der Waals surface area contributed by atoms with E-state index in [1.807, 2.05) is 19.1 Å². The second kappa shape index (κ2) is 9.23. The largest absolute Gasteiger partial charge is 0.428 e. The van der Waals surface area contributed by atoms with Crippen molar-refractivity contribution in [3.05, 3.63) is 41.8 Å². The lowest BCUT2D eigenvalue weighted by Gasteiger charge is -2.13.